The van der Waals surface area contributed by atoms with Crippen LogP contribution in [-0.2, 0) is 18.7 Å². The SMILES string of the molecule is C=CCCC(O)(CCC=C)c1ccc(CN(Cc2ccccc2F)CC(C)C)o1. The van der Waals surface area contributed by atoms with Crippen LogP contribution < -0.4 is 0 Å². The summed E-state index contributed by atoms with van der Waals surface area (Å²) >= 11 is 0. The number of rotatable bonds is 13. The third-order valence-electron chi connectivity index (χ3n) is 5.00. The van der Waals surface area contributed by atoms with Crippen molar-refractivity contribution in [2.75, 3.05) is 6.54 Å². The molecule has 0 spiro atoms. The van der Waals surface area contributed by atoms with Crippen LogP contribution in [0.15, 0.2) is 66.1 Å². The van der Waals surface area contributed by atoms with E-state index in [0.29, 0.717) is 56.0 Å². The molecule has 1 N–H and O–H groups in total. The molecule has 0 saturated heterocycles. The molecule has 0 saturated carbocycles. The summed E-state index contributed by atoms with van der Waals surface area (Å²) in [7, 11) is 0. The summed E-state index contributed by atoms with van der Waals surface area (Å²) in [5, 5.41) is 11.2. The van der Waals surface area contributed by atoms with Crippen molar-refractivity contribution in [3.05, 3.63) is 84.6 Å². The van der Waals surface area contributed by atoms with Crippen LogP contribution in [0.2, 0.25) is 0 Å². The summed E-state index contributed by atoms with van der Waals surface area (Å²) < 4.78 is 20.2. The Morgan fingerprint density at radius 1 is 1.07 bits per heavy atom. The summed E-state index contributed by atoms with van der Waals surface area (Å²) in [6.45, 7) is 13.7. The molecule has 3 nitrogen and oxygen atoms in total. The van der Waals surface area contributed by atoms with Crippen LogP contribution in [0.1, 0.15) is 56.6 Å². The van der Waals surface area contributed by atoms with Gasteiger partial charge in [0.05, 0.1) is 6.54 Å². The highest BCUT2D eigenvalue weighted by Crippen LogP contribution is 2.33. The van der Waals surface area contributed by atoms with Gasteiger partial charge in [-0.05, 0) is 49.8 Å². The molecule has 0 bridgehead atoms. The van der Waals surface area contributed by atoms with Crippen LogP contribution in [0, 0.1) is 11.7 Å². The first kappa shape index (κ1) is 23.1. The normalized spacial score (nSPS) is 11.9. The van der Waals surface area contributed by atoms with Gasteiger partial charge in [0, 0.05) is 18.7 Å². The monoisotopic (exact) mass is 399 g/mol. The molecule has 0 atom stereocenters. The van der Waals surface area contributed by atoms with Crippen molar-refractivity contribution in [3.63, 3.8) is 0 Å². The maximum absolute atomic E-state index is 14.1. The Hall–Kier alpha value is -2.17. The minimum absolute atomic E-state index is 0.190. The van der Waals surface area contributed by atoms with Crippen LogP contribution >= 0.6 is 0 Å². The van der Waals surface area contributed by atoms with Crippen molar-refractivity contribution in [3.8, 4) is 0 Å². The number of hydrogen-bond donors (Lipinski definition) is 1. The summed E-state index contributed by atoms with van der Waals surface area (Å²) in [6, 6.07) is 10.6. The fourth-order valence-electron chi connectivity index (χ4n) is 3.56. The lowest BCUT2D eigenvalue weighted by Crippen LogP contribution is -2.27. The van der Waals surface area contributed by atoms with Crippen molar-refractivity contribution >= 4 is 0 Å². The van der Waals surface area contributed by atoms with Crippen LogP contribution in [0.5, 0.6) is 0 Å². The second-order valence-corrected chi connectivity index (χ2v) is 8.11. The lowest BCUT2D eigenvalue weighted by atomic mass is 9.89. The summed E-state index contributed by atoms with van der Waals surface area (Å²) in [5.41, 5.74) is -0.358. The van der Waals surface area contributed by atoms with Crippen LogP contribution in [0.3, 0.4) is 0 Å². The molecule has 2 aromatic rings. The Kier molecular flexibility index (Phi) is 8.87. The zero-order chi connectivity index (χ0) is 21.3. The Balaban J connectivity index is 2.17. The van der Waals surface area contributed by atoms with Gasteiger partial charge in [-0.15, -0.1) is 13.2 Å². The maximum atomic E-state index is 14.1. The van der Waals surface area contributed by atoms with E-state index in [2.05, 4.69) is 31.9 Å². The average molecular weight is 400 g/mol. The van der Waals surface area contributed by atoms with E-state index in [9.17, 15) is 9.50 Å². The van der Waals surface area contributed by atoms with E-state index in [0.717, 1.165) is 12.3 Å². The Morgan fingerprint density at radius 3 is 2.31 bits per heavy atom. The summed E-state index contributed by atoms with van der Waals surface area (Å²) in [4.78, 5) is 2.18. The highest BCUT2D eigenvalue weighted by molar-refractivity contribution is 5.18. The molecule has 0 fully saturated rings. The van der Waals surface area contributed by atoms with Gasteiger partial charge in [0.25, 0.3) is 0 Å². The molecule has 2 rings (SSSR count). The largest absolute Gasteiger partial charge is 0.462 e. The van der Waals surface area contributed by atoms with E-state index in [1.165, 1.54) is 6.07 Å². The van der Waals surface area contributed by atoms with Crippen LogP contribution in [0.25, 0.3) is 0 Å². The minimum atomic E-state index is -1.03. The number of furan rings is 1. The number of nitrogens with zero attached hydrogens (tertiary/aromatic N) is 1. The third kappa shape index (κ3) is 6.98. The predicted octanol–water partition coefficient (Wildman–Crippen LogP) is 6.20. The van der Waals surface area contributed by atoms with Crippen molar-refractivity contribution in [2.45, 2.75) is 58.2 Å². The highest BCUT2D eigenvalue weighted by Gasteiger charge is 2.31. The zero-order valence-electron chi connectivity index (χ0n) is 17.7. The third-order valence-corrected chi connectivity index (χ3v) is 5.00. The summed E-state index contributed by atoms with van der Waals surface area (Å²) in [6.07, 6.45) is 6.14. The lowest BCUT2D eigenvalue weighted by molar-refractivity contribution is -0.00221. The number of hydrogen-bond acceptors (Lipinski definition) is 3. The van der Waals surface area contributed by atoms with E-state index in [4.69, 9.17) is 4.42 Å². The van der Waals surface area contributed by atoms with Gasteiger partial charge in [0.15, 0.2) is 0 Å². The zero-order valence-corrected chi connectivity index (χ0v) is 17.7. The first-order valence-corrected chi connectivity index (χ1v) is 10.4. The van der Waals surface area contributed by atoms with Gasteiger partial charge >= 0.3 is 0 Å². The molecule has 0 aliphatic heterocycles. The van der Waals surface area contributed by atoms with Gasteiger partial charge in [-0.2, -0.15) is 0 Å². The van der Waals surface area contributed by atoms with Crippen LogP contribution in [-0.4, -0.2) is 16.6 Å². The van der Waals surface area contributed by atoms with Gasteiger partial charge in [-0.3, -0.25) is 4.90 Å². The average Bonchev–Trinajstić information content (AvgIpc) is 3.15. The molecule has 158 valence electrons. The van der Waals surface area contributed by atoms with Crippen molar-refractivity contribution < 1.29 is 13.9 Å². The van der Waals surface area contributed by atoms with Crippen molar-refractivity contribution in [1.29, 1.82) is 0 Å². The lowest BCUT2D eigenvalue weighted by Gasteiger charge is -2.26. The topological polar surface area (TPSA) is 36.6 Å². The molecule has 0 unspecified atom stereocenters. The first-order chi connectivity index (χ1) is 13.9. The van der Waals surface area contributed by atoms with Gasteiger partial charge in [0.1, 0.15) is 22.9 Å². The van der Waals surface area contributed by atoms with Crippen LogP contribution in [0.4, 0.5) is 4.39 Å². The van der Waals surface area contributed by atoms with Gasteiger partial charge in [0.2, 0.25) is 0 Å². The highest BCUT2D eigenvalue weighted by atomic mass is 19.1. The molecule has 0 aliphatic carbocycles. The Bertz CT molecular complexity index is 769. The Morgan fingerprint density at radius 2 is 1.72 bits per heavy atom. The molecule has 0 aliphatic rings. The van der Waals surface area contributed by atoms with E-state index in [1.54, 1.807) is 6.07 Å². The van der Waals surface area contributed by atoms with E-state index < -0.39 is 5.60 Å². The molecular formula is C25H34FNO2. The molecule has 4 heteroatoms. The quantitative estimate of drug-likeness (QED) is 0.408. The fraction of sp³-hybridized carbons (Fsp3) is 0.440. The number of allylic oxidation sites excluding steroid dienone is 2. The Labute approximate surface area is 174 Å². The van der Waals surface area contributed by atoms with Crippen molar-refractivity contribution in [2.24, 2.45) is 5.92 Å². The molecular weight excluding hydrogens is 365 g/mol. The van der Waals surface area contributed by atoms with E-state index in [-0.39, 0.29) is 5.82 Å². The van der Waals surface area contributed by atoms with Gasteiger partial charge in [-0.1, -0.05) is 44.2 Å². The molecule has 29 heavy (non-hydrogen) atoms. The van der Waals surface area contributed by atoms with E-state index >= 15 is 0 Å². The summed E-state index contributed by atoms with van der Waals surface area (Å²) in [5.74, 6) is 1.59. The van der Waals surface area contributed by atoms with Gasteiger partial charge in [-0.25, -0.2) is 4.39 Å². The number of halogens is 1. The molecule has 1 aromatic carbocycles. The molecule has 0 amide bonds. The minimum Gasteiger partial charge on any atom is -0.462 e. The second kappa shape index (κ2) is 11.1. The number of aliphatic hydroxyl groups is 1. The fourth-order valence-corrected chi connectivity index (χ4v) is 3.56. The first-order valence-electron chi connectivity index (χ1n) is 10.4. The predicted molar refractivity (Wildman–Crippen MR) is 117 cm³/mol. The maximum Gasteiger partial charge on any atom is 0.135 e. The molecule has 1 aromatic heterocycles. The molecule has 1 heterocycles. The van der Waals surface area contributed by atoms with Crippen molar-refractivity contribution in [1.82, 2.24) is 4.90 Å². The standard InChI is InChI=1S/C25H34FNO2/c1-5-7-15-25(28,16-8-6-2)24-14-13-22(29-24)19-27(17-20(3)4)18-21-11-9-10-12-23(21)26/h5-6,9-14,20,28H,1-2,7-8,15-19H2,3-4H3. The number of benzene rings is 1. The second-order valence-electron chi connectivity index (χ2n) is 8.11. The molecule has 0 radical (unpaired) electrons. The van der Waals surface area contributed by atoms with E-state index in [1.807, 2.05) is 36.4 Å². The van der Waals surface area contributed by atoms with Gasteiger partial charge < -0.3 is 9.52 Å². The smallest absolute Gasteiger partial charge is 0.135 e.